The summed E-state index contributed by atoms with van der Waals surface area (Å²) in [6.07, 6.45) is 6.24. The number of hydrogen-bond donors (Lipinski definition) is 0. The molecule has 0 rings (SSSR count). The van der Waals surface area contributed by atoms with Gasteiger partial charge in [0, 0.05) is 12.3 Å². The molecule has 0 aliphatic heterocycles. The summed E-state index contributed by atoms with van der Waals surface area (Å²) in [5.74, 6) is 0. The fourth-order valence-electron chi connectivity index (χ4n) is 1.65. The highest BCUT2D eigenvalue weighted by atomic mass is 31.3. The van der Waals surface area contributed by atoms with Crippen LogP contribution in [-0.2, 0) is 22.5 Å². The molecule has 21 heavy (non-hydrogen) atoms. The van der Waals surface area contributed by atoms with Gasteiger partial charge in [-0.05, 0) is 12.8 Å². The Hall–Kier alpha value is 0.340. The molecule has 0 aliphatic carbocycles. The van der Waals surface area contributed by atoms with Gasteiger partial charge in [-0.3, -0.25) is 9.13 Å². The second kappa shape index (κ2) is 11.8. The van der Waals surface area contributed by atoms with E-state index < -0.39 is 15.2 Å². The molecule has 0 aromatic carbocycles. The lowest BCUT2D eigenvalue weighted by Gasteiger charge is -2.23. The normalized spacial score (nSPS) is 17.3. The van der Waals surface area contributed by atoms with Gasteiger partial charge in [-0.15, -0.1) is 0 Å². The third-order valence-corrected chi connectivity index (χ3v) is 7.79. The molecule has 0 saturated carbocycles. The third-order valence-electron chi connectivity index (χ3n) is 3.10. The van der Waals surface area contributed by atoms with E-state index in [0.29, 0.717) is 13.2 Å². The Labute approximate surface area is 130 Å². The van der Waals surface area contributed by atoms with Crippen LogP contribution in [0.1, 0.15) is 66.2 Å². The van der Waals surface area contributed by atoms with Gasteiger partial charge in [0.05, 0.1) is 13.2 Å². The fraction of sp³-hybridized carbons (Fsp3) is 1.00. The maximum Gasteiger partial charge on any atom is 0.337 e. The Morgan fingerprint density at radius 2 is 1.05 bits per heavy atom. The highest BCUT2D eigenvalue weighted by Crippen LogP contribution is 2.64. The molecule has 0 radical (unpaired) electrons. The summed E-state index contributed by atoms with van der Waals surface area (Å²) in [7, 11) is -6.64. The number of hydrogen-bond acceptors (Lipinski definition) is 5. The molecule has 0 saturated heterocycles. The highest BCUT2D eigenvalue weighted by molar-refractivity contribution is 7.67. The Bertz CT molecular complexity index is 314. The van der Waals surface area contributed by atoms with Gasteiger partial charge in [-0.25, -0.2) is 4.31 Å². The van der Waals surface area contributed by atoms with E-state index in [1.165, 1.54) is 0 Å². The topological polar surface area (TPSA) is 61.8 Å². The standard InChI is InChI=1S/C14H32O5P2/c1-5-9-11-13-17-20(15,7-3)19-21(16,8-4)18-14-12-10-6-2/h5-14H2,1-4H3. The molecule has 0 aliphatic rings. The number of rotatable bonds is 14. The number of unbranched alkanes of at least 4 members (excludes halogenated alkanes) is 4. The van der Waals surface area contributed by atoms with Crippen LogP contribution >= 0.6 is 15.2 Å². The summed E-state index contributed by atoms with van der Waals surface area (Å²) in [5, 5.41) is 0. The Morgan fingerprint density at radius 1 is 0.667 bits per heavy atom. The molecular weight excluding hydrogens is 310 g/mol. The van der Waals surface area contributed by atoms with Gasteiger partial charge in [0.15, 0.2) is 0 Å². The molecular formula is C14H32O5P2. The molecule has 0 aromatic heterocycles. The van der Waals surface area contributed by atoms with Crippen molar-refractivity contribution >= 4 is 15.2 Å². The van der Waals surface area contributed by atoms with Crippen molar-refractivity contribution in [3.8, 4) is 0 Å². The van der Waals surface area contributed by atoms with Gasteiger partial charge in [0.1, 0.15) is 0 Å². The smallest absolute Gasteiger partial charge is 0.308 e. The van der Waals surface area contributed by atoms with Crippen molar-refractivity contribution in [3.05, 3.63) is 0 Å². The van der Waals surface area contributed by atoms with Gasteiger partial charge >= 0.3 is 15.2 Å². The molecule has 5 nitrogen and oxygen atoms in total. The molecule has 0 bridgehead atoms. The molecule has 0 heterocycles. The molecule has 0 spiro atoms. The first-order valence-electron chi connectivity index (χ1n) is 8.13. The molecule has 2 atom stereocenters. The van der Waals surface area contributed by atoms with E-state index in [1.54, 1.807) is 13.8 Å². The average Bonchev–Trinajstić information content (AvgIpc) is 2.48. The van der Waals surface area contributed by atoms with Crippen LogP contribution in [0.25, 0.3) is 0 Å². The summed E-state index contributed by atoms with van der Waals surface area (Å²) in [6.45, 7) is 8.36. The van der Waals surface area contributed by atoms with Crippen molar-refractivity contribution in [2.45, 2.75) is 66.2 Å². The van der Waals surface area contributed by atoms with E-state index in [1.807, 2.05) is 0 Å². The highest BCUT2D eigenvalue weighted by Gasteiger charge is 2.34. The first-order valence-corrected chi connectivity index (χ1v) is 11.6. The first kappa shape index (κ1) is 21.3. The summed E-state index contributed by atoms with van der Waals surface area (Å²) in [4.78, 5) is 0. The largest absolute Gasteiger partial charge is 0.337 e. The molecule has 2 unspecified atom stereocenters. The molecule has 7 heteroatoms. The monoisotopic (exact) mass is 342 g/mol. The van der Waals surface area contributed by atoms with E-state index in [-0.39, 0.29) is 12.3 Å². The van der Waals surface area contributed by atoms with Crippen molar-refractivity contribution in [1.29, 1.82) is 0 Å². The van der Waals surface area contributed by atoms with Gasteiger partial charge < -0.3 is 9.05 Å². The molecule has 128 valence electrons. The minimum absolute atomic E-state index is 0.210. The van der Waals surface area contributed by atoms with Crippen molar-refractivity contribution in [2.75, 3.05) is 25.5 Å². The van der Waals surface area contributed by atoms with Crippen LogP contribution in [0, 0.1) is 0 Å². The zero-order valence-electron chi connectivity index (χ0n) is 14.0. The van der Waals surface area contributed by atoms with E-state index >= 15 is 0 Å². The molecule has 0 N–H and O–H groups in total. The molecule has 0 amide bonds. The third kappa shape index (κ3) is 9.86. The van der Waals surface area contributed by atoms with Crippen LogP contribution in [0.5, 0.6) is 0 Å². The summed E-state index contributed by atoms with van der Waals surface area (Å²) < 4.78 is 41.1. The maximum absolute atomic E-state index is 12.5. The predicted octanol–water partition coefficient (Wildman–Crippen LogP) is 5.84. The Balaban J connectivity index is 4.43. The van der Waals surface area contributed by atoms with E-state index in [4.69, 9.17) is 13.4 Å². The van der Waals surface area contributed by atoms with Crippen LogP contribution in [-0.4, -0.2) is 25.5 Å². The van der Waals surface area contributed by atoms with E-state index in [9.17, 15) is 9.13 Å². The van der Waals surface area contributed by atoms with Crippen molar-refractivity contribution in [1.82, 2.24) is 0 Å². The summed E-state index contributed by atoms with van der Waals surface area (Å²) in [5.41, 5.74) is 0. The Kier molecular flexibility index (Phi) is 12.0. The van der Waals surface area contributed by atoms with Crippen LogP contribution in [0.4, 0.5) is 0 Å². The molecule has 0 fully saturated rings. The summed E-state index contributed by atoms with van der Waals surface area (Å²) in [6, 6.07) is 0. The minimum atomic E-state index is -3.32. The van der Waals surface area contributed by atoms with Crippen molar-refractivity contribution < 1.29 is 22.5 Å². The second-order valence-electron chi connectivity index (χ2n) is 5.02. The molecule has 0 aromatic rings. The summed E-state index contributed by atoms with van der Waals surface area (Å²) >= 11 is 0. The van der Waals surface area contributed by atoms with Gasteiger partial charge in [0.25, 0.3) is 0 Å². The lowest BCUT2D eigenvalue weighted by Crippen LogP contribution is -2.03. The maximum atomic E-state index is 12.5. The zero-order valence-corrected chi connectivity index (χ0v) is 15.8. The quantitative estimate of drug-likeness (QED) is 0.293. The van der Waals surface area contributed by atoms with Crippen LogP contribution in [0.2, 0.25) is 0 Å². The van der Waals surface area contributed by atoms with Crippen LogP contribution in [0.15, 0.2) is 0 Å². The lowest BCUT2D eigenvalue weighted by molar-refractivity contribution is 0.222. The van der Waals surface area contributed by atoms with Gasteiger partial charge in [-0.1, -0.05) is 53.4 Å². The Morgan fingerprint density at radius 3 is 1.33 bits per heavy atom. The minimum Gasteiger partial charge on any atom is -0.308 e. The first-order chi connectivity index (χ1) is 9.95. The van der Waals surface area contributed by atoms with E-state index in [2.05, 4.69) is 13.8 Å². The van der Waals surface area contributed by atoms with Gasteiger partial charge in [-0.2, -0.15) is 0 Å². The fourth-order valence-corrected chi connectivity index (χ4v) is 5.64. The second-order valence-corrected chi connectivity index (χ2v) is 9.89. The van der Waals surface area contributed by atoms with Crippen LogP contribution < -0.4 is 0 Å². The van der Waals surface area contributed by atoms with Crippen LogP contribution in [0.3, 0.4) is 0 Å². The zero-order chi connectivity index (χ0) is 16.2. The SMILES string of the molecule is CCCCCOP(=O)(CC)OP(=O)(CC)OCCCCC. The van der Waals surface area contributed by atoms with Crippen molar-refractivity contribution in [2.24, 2.45) is 0 Å². The van der Waals surface area contributed by atoms with Gasteiger partial charge in [0.2, 0.25) is 0 Å². The average molecular weight is 342 g/mol. The van der Waals surface area contributed by atoms with Crippen molar-refractivity contribution in [3.63, 3.8) is 0 Å². The van der Waals surface area contributed by atoms with E-state index in [0.717, 1.165) is 38.5 Å². The lowest BCUT2D eigenvalue weighted by atomic mass is 10.3. The predicted molar refractivity (Wildman–Crippen MR) is 88.3 cm³/mol.